The minimum Gasteiger partial charge on any atom is -0.388 e. The van der Waals surface area contributed by atoms with E-state index in [9.17, 15) is 5.11 Å². The summed E-state index contributed by atoms with van der Waals surface area (Å²) >= 11 is 1.64. The van der Waals surface area contributed by atoms with Crippen LogP contribution < -0.4 is 5.32 Å². The number of anilines is 1. The van der Waals surface area contributed by atoms with Gasteiger partial charge in [0.2, 0.25) is 0 Å². The van der Waals surface area contributed by atoms with E-state index in [1.165, 1.54) is 4.88 Å². The highest BCUT2D eigenvalue weighted by Crippen LogP contribution is 2.22. The van der Waals surface area contributed by atoms with Gasteiger partial charge in [0.15, 0.2) is 5.13 Å². The van der Waals surface area contributed by atoms with E-state index in [4.69, 9.17) is 0 Å². The molecule has 1 aromatic rings. The van der Waals surface area contributed by atoms with E-state index in [1.54, 1.807) is 11.3 Å². The summed E-state index contributed by atoms with van der Waals surface area (Å²) in [5, 5.41) is 14.1. The second-order valence-electron chi connectivity index (χ2n) is 4.26. The number of hydrogen-bond donors (Lipinski definition) is 2. The van der Waals surface area contributed by atoms with Gasteiger partial charge in [-0.15, -0.1) is 11.3 Å². The summed E-state index contributed by atoms with van der Waals surface area (Å²) < 4.78 is 0. The fourth-order valence-corrected chi connectivity index (χ4v) is 2.25. The average molecular weight is 228 g/mol. The molecule has 0 aromatic carbocycles. The van der Waals surface area contributed by atoms with E-state index in [-0.39, 0.29) is 0 Å². The van der Waals surface area contributed by atoms with Gasteiger partial charge in [0.05, 0.1) is 11.3 Å². The highest BCUT2D eigenvalue weighted by atomic mass is 32.1. The molecule has 0 spiro atoms. The van der Waals surface area contributed by atoms with Crippen LogP contribution in [0, 0.1) is 13.8 Å². The first-order chi connectivity index (χ1) is 6.94. The zero-order chi connectivity index (χ0) is 11.5. The van der Waals surface area contributed by atoms with Crippen molar-refractivity contribution < 1.29 is 5.11 Å². The highest BCUT2D eigenvalue weighted by molar-refractivity contribution is 7.15. The SMILES string of the molecule is CCCC(C)(O)CNc1nc(C)c(C)s1. The van der Waals surface area contributed by atoms with E-state index in [2.05, 4.69) is 24.1 Å². The third-order valence-electron chi connectivity index (χ3n) is 2.44. The van der Waals surface area contributed by atoms with Crippen LogP contribution >= 0.6 is 11.3 Å². The first-order valence-electron chi connectivity index (χ1n) is 5.35. The van der Waals surface area contributed by atoms with Crippen LogP contribution in [0.5, 0.6) is 0 Å². The molecule has 0 saturated carbocycles. The van der Waals surface area contributed by atoms with E-state index in [0.717, 1.165) is 23.7 Å². The summed E-state index contributed by atoms with van der Waals surface area (Å²) in [6.07, 6.45) is 1.80. The fourth-order valence-electron chi connectivity index (χ4n) is 1.44. The van der Waals surface area contributed by atoms with Crippen molar-refractivity contribution in [2.24, 2.45) is 0 Å². The maximum absolute atomic E-state index is 9.97. The third kappa shape index (κ3) is 3.80. The molecule has 1 rings (SSSR count). The minimum atomic E-state index is -0.637. The Bertz CT molecular complexity index is 301. The fraction of sp³-hybridized carbons (Fsp3) is 0.727. The first kappa shape index (κ1) is 12.5. The molecule has 4 heteroatoms. The van der Waals surface area contributed by atoms with E-state index in [0.29, 0.717) is 6.54 Å². The van der Waals surface area contributed by atoms with Gasteiger partial charge >= 0.3 is 0 Å². The van der Waals surface area contributed by atoms with Gasteiger partial charge in [0.25, 0.3) is 0 Å². The maximum atomic E-state index is 9.97. The van der Waals surface area contributed by atoms with Crippen LogP contribution in [0.4, 0.5) is 5.13 Å². The number of hydrogen-bond acceptors (Lipinski definition) is 4. The largest absolute Gasteiger partial charge is 0.388 e. The normalized spacial score (nSPS) is 15.0. The average Bonchev–Trinajstić information content (AvgIpc) is 2.44. The van der Waals surface area contributed by atoms with Crippen molar-refractivity contribution in [3.8, 4) is 0 Å². The van der Waals surface area contributed by atoms with Gasteiger partial charge in [-0.3, -0.25) is 0 Å². The molecule has 3 nitrogen and oxygen atoms in total. The second-order valence-corrected chi connectivity index (χ2v) is 5.46. The van der Waals surface area contributed by atoms with Gasteiger partial charge in [-0.25, -0.2) is 4.98 Å². The number of aromatic nitrogens is 1. The van der Waals surface area contributed by atoms with Crippen LogP contribution in [0.1, 0.15) is 37.3 Å². The molecule has 0 saturated heterocycles. The van der Waals surface area contributed by atoms with Gasteiger partial charge in [-0.2, -0.15) is 0 Å². The molecular formula is C11H20N2OS. The van der Waals surface area contributed by atoms with E-state index in [1.807, 2.05) is 13.8 Å². The maximum Gasteiger partial charge on any atom is 0.183 e. The van der Waals surface area contributed by atoms with Gasteiger partial charge in [0, 0.05) is 11.4 Å². The van der Waals surface area contributed by atoms with Crippen molar-refractivity contribution in [3.63, 3.8) is 0 Å². The van der Waals surface area contributed by atoms with Crippen LogP contribution in [0.2, 0.25) is 0 Å². The molecule has 0 aliphatic carbocycles. The molecule has 0 radical (unpaired) electrons. The third-order valence-corrected chi connectivity index (χ3v) is 3.47. The minimum absolute atomic E-state index is 0.563. The van der Waals surface area contributed by atoms with Gasteiger partial charge < -0.3 is 10.4 Å². The number of nitrogens with one attached hydrogen (secondary N) is 1. The Kier molecular flexibility index (Phi) is 4.11. The summed E-state index contributed by atoms with van der Waals surface area (Å²) in [5.41, 5.74) is 0.431. The smallest absolute Gasteiger partial charge is 0.183 e. The quantitative estimate of drug-likeness (QED) is 0.814. The number of rotatable bonds is 5. The summed E-state index contributed by atoms with van der Waals surface area (Å²) in [5.74, 6) is 0. The molecule has 2 N–H and O–H groups in total. The van der Waals surface area contributed by atoms with Crippen LogP contribution in [-0.4, -0.2) is 22.2 Å². The Morgan fingerprint density at radius 2 is 2.13 bits per heavy atom. The van der Waals surface area contributed by atoms with Crippen LogP contribution in [0.25, 0.3) is 0 Å². The lowest BCUT2D eigenvalue weighted by molar-refractivity contribution is 0.0637. The Morgan fingerprint density at radius 3 is 2.60 bits per heavy atom. The molecule has 0 aliphatic heterocycles. The summed E-state index contributed by atoms with van der Waals surface area (Å²) in [4.78, 5) is 5.60. The molecule has 15 heavy (non-hydrogen) atoms. The summed E-state index contributed by atoms with van der Waals surface area (Å²) in [6, 6.07) is 0. The van der Waals surface area contributed by atoms with E-state index >= 15 is 0 Å². The van der Waals surface area contributed by atoms with E-state index < -0.39 is 5.60 Å². The van der Waals surface area contributed by atoms with Crippen molar-refractivity contribution in [1.29, 1.82) is 0 Å². The van der Waals surface area contributed by atoms with Crippen molar-refractivity contribution in [2.75, 3.05) is 11.9 Å². The number of aryl methyl sites for hydroxylation is 2. The number of aliphatic hydroxyl groups is 1. The molecule has 0 aliphatic rings. The predicted molar refractivity (Wildman–Crippen MR) is 65.6 cm³/mol. The summed E-state index contributed by atoms with van der Waals surface area (Å²) in [6.45, 7) is 8.56. The molecule has 1 unspecified atom stereocenters. The van der Waals surface area contributed by atoms with Crippen LogP contribution in [0.3, 0.4) is 0 Å². The standard InChI is InChI=1S/C11H20N2OS/c1-5-6-11(4,14)7-12-10-13-8(2)9(3)15-10/h14H,5-7H2,1-4H3,(H,12,13). The monoisotopic (exact) mass is 228 g/mol. The molecule has 1 aromatic heterocycles. The lowest BCUT2D eigenvalue weighted by atomic mass is 10.0. The molecule has 0 fully saturated rings. The van der Waals surface area contributed by atoms with Crippen LogP contribution in [-0.2, 0) is 0 Å². The van der Waals surface area contributed by atoms with Gasteiger partial charge in [-0.05, 0) is 27.2 Å². The zero-order valence-electron chi connectivity index (χ0n) is 9.92. The van der Waals surface area contributed by atoms with Crippen molar-refractivity contribution >= 4 is 16.5 Å². The Hall–Kier alpha value is -0.610. The van der Waals surface area contributed by atoms with Crippen molar-refractivity contribution in [3.05, 3.63) is 10.6 Å². The predicted octanol–water partition coefficient (Wildman–Crippen LogP) is 2.72. The molecule has 1 atom stereocenters. The Labute approximate surface area is 95.6 Å². The number of thiazole rings is 1. The molecule has 0 bridgehead atoms. The van der Waals surface area contributed by atoms with Gasteiger partial charge in [-0.1, -0.05) is 13.3 Å². The number of nitrogens with zero attached hydrogens (tertiary/aromatic N) is 1. The van der Waals surface area contributed by atoms with Crippen molar-refractivity contribution in [1.82, 2.24) is 4.98 Å². The lowest BCUT2D eigenvalue weighted by Crippen LogP contribution is -2.33. The zero-order valence-corrected chi connectivity index (χ0v) is 10.7. The van der Waals surface area contributed by atoms with Crippen molar-refractivity contribution in [2.45, 2.75) is 46.1 Å². The summed E-state index contributed by atoms with van der Waals surface area (Å²) in [7, 11) is 0. The van der Waals surface area contributed by atoms with Gasteiger partial charge in [0.1, 0.15) is 0 Å². The lowest BCUT2D eigenvalue weighted by Gasteiger charge is -2.22. The molecular weight excluding hydrogens is 208 g/mol. The molecule has 0 amide bonds. The molecule has 1 heterocycles. The second kappa shape index (κ2) is 4.94. The highest BCUT2D eigenvalue weighted by Gasteiger charge is 2.19. The topological polar surface area (TPSA) is 45.1 Å². The molecule has 86 valence electrons. The first-order valence-corrected chi connectivity index (χ1v) is 6.16. The Balaban J connectivity index is 2.49. The Morgan fingerprint density at radius 1 is 1.47 bits per heavy atom. The van der Waals surface area contributed by atoms with Crippen LogP contribution in [0.15, 0.2) is 0 Å².